The van der Waals surface area contributed by atoms with Crippen LogP contribution in [-0.2, 0) is 0 Å². The molecule has 0 saturated heterocycles. The highest BCUT2D eigenvalue weighted by Gasteiger charge is 2.01. The van der Waals surface area contributed by atoms with Gasteiger partial charge in [0.25, 0.3) is 0 Å². The maximum absolute atomic E-state index is 12.3. The Balaban J connectivity index is 0. The highest BCUT2D eigenvalue weighted by Crippen LogP contribution is 2.02. The average molecular weight is 190 g/mol. The molecule has 0 amide bonds. The fourth-order valence-corrected chi connectivity index (χ4v) is 0.754. The molecule has 0 atom stereocenters. The van der Waals surface area contributed by atoms with Crippen molar-refractivity contribution in [1.29, 1.82) is 0 Å². The number of carbonyl (C=O) groups excluding carboxylic acids is 1. The van der Waals surface area contributed by atoms with Crippen LogP contribution in [0.5, 0.6) is 0 Å². The van der Waals surface area contributed by atoms with Crippen LogP contribution >= 0.6 is 0 Å². The third-order valence-corrected chi connectivity index (χ3v) is 1.35. The smallest absolute Gasteiger partial charge is 1.00 e. The normalized spacial score (nSPS) is 8.83. The summed E-state index contributed by atoms with van der Waals surface area (Å²) in [6.07, 6.45) is 0. The van der Waals surface area contributed by atoms with Crippen molar-refractivity contribution in [2.45, 2.75) is 0 Å². The summed E-state index contributed by atoms with van der Waals surface area (Å²) in [5.41, 5.74) is 5.55. The van der Waals surface area contributed by atoms with Gasteiger partial charge in [0.15, 0.2) is 5.78 Å². The topological polar surface area (TPSA) is 43.1 Å². The molecule has 12 heavy (non-hydrogen) atoms. The van der Waals surface area contributed by atoms with E-state index in [9.17, 15) is 9.18 Å². The van der Waals surface area contributed by atoms with Gasteiger partial charge in [-0.3, -0.25) is 4.79 Å². The Morgan fingerprint density at radius 1 is 1.42 bits per heavy atom. The second-order valence-electron chi connectivity index (χ2n) is 2.13. The van der Waals surface area contributed by atoms with Gasteiger partial charge in [-0.05, 0) is 24.3 Å². The van der Waals surface area contributed by atoms with E-state index in [0.717, 1.165) is 0 Å². The lowest BCUT2D eigenvalue weighted by Gasteiger charge is -1.95. The first kappa shape index (κ1) is 11.1. The molecule has 0 aliphatic carbocycles. The van der Waals surface area contributed by atoms with Gasteiger partial charge in [-0.25, -0.2) is 4.39 Å². The number of hydrogen-bond donors (Lipinski definition) is 1. The van der Waals surface area contributed by atoms with E-state index in [2.05, 4.69) is 0 Å². The summed E-state index contributed by atoms with van der Waals surface area (Å²) in [6.45, 7) is -0.0361. The van der Waals surface area contributed by atoms with Crippen LogP contribution in [0.15, 0.2) is 24.3 Å². The van der Waals surface area contributed by atoms with Crippen molar-refractivity contribution in [3.63, 3.8) is 0 Å². The van der Waals surface area contributed by atoms with Crippen molar-refractivity contribution in [2.75, 3.05) is 6.54 Å². The summed E-state index contributed by atoms with van der Waals surface area (Å²) >= 11 is 0. The van der Waals surface area contributed by atoms with Gasteiger partial charge in [0.05, 0.1) is 6.54 Å². The Morgan fingerprint density at radius 2 is 1.92 bits per heavy atom. The number of carbonyl (C=O) groups is 1. The van der Waals surface area contributed by atoms with Crippen LogP contribution in [0.2, 0.25) is 0 Å². The zero-order chi connectivity index (χ0) is 8.27. The predicted molar refractivity (Wildman–Crippen MR) is 40.9 cm³/mol. The Morgan fingerprint density at radius 3 is 2.33 bits per heavy atom. The number of nitrogens with two attached hydrogens (primary N) is 1. The first-order valence-corrected chi connectivity index (χ1v) is 3.23. The van der Waals surface area contributed by atoms with Gasteiger partial charge < -0.3 is 18.1 Å². The Bertz CT molecular complexity index is 265. The van der Waals surface area contributed by atoms with E-state index < -0.39 is 0 Å². The maximum atomic E-state index is 12.3. The van der Waals surface area contributed by atoms with Crippen molar-refractivity contribution in [1.82, 2.24) is 0 Å². The van der Waals surface area contributed by atoms with Gasteiger partial charge in [-0.1, -0.05) is 0 Å². The quantitative estimate of drug-likeness (QED) is 0.552. The molecule has 66 valence electrons. The molecule has 0 aliphatic rings. The summed E-state index contributed by atoms with van der Waals surface area (Å²) < 4.78 is 12.3. The van der Waals surface area contributed by atoms with E-state index in [4.69, 9.17) is 5.73 Å². The van der Waals surface area contributed by atoms with Gasteiger partial charge in [0, 0.05) is 5.56 Å². The van der Waals surface area contributed by atoms with Crippen molar-refractivity contribution in [2.24, 2.45) is 5.73 Å². The molecule has 0 aromatic heterocycles. The summed E-state index contributed by atoms with van der Waals surface area (Å²) in [5.74, 6) is -0.524. The first-order chi connectivity index (χ1) is 5.24. The third-order valence-electron chi connectivity index (χ3n) is 1.35. The molecule has 1 aromatic rings. The molecular formula is C8H9ClFNO. The lowest BCUT2D eigenvalue weighted by atomic mass is 10.1. The number of hydrogen-bond acceptors (Lipinski definition) is 2. The average Bonchev–Trinajstić information content (AvgIpc) is 2.05. The number of Topliss-reactive ketones (excluding diaryl/α,β-unsaturated/α-hetero) is 1. The highest BCUT2D eigenvalue weighted by atomic mass is 35.5. The maximum Gasteiger partial charge on any atom is 1.00 e. The van der Waals surface area contributed by atoms with Crippen LogP contribution in [-0.4, -0.2) is 12.3 Å². The van der Waals surface area contributed by atoms with E-state index in [1.807, 2.05) is 0 Å². The van der Waals surface area contributed by atoms with Gasteiger partial charge in [-0.2, -0.15) is 0 Å². The van der Waals surface area contributed by atoms with Crippen LogP contribution in [0.1, 0.15) is 11.8 Å². The largest absolute Gasteiger partial charge is 1.00 e. The zero-order valence-electron chi connectivity index (χ0n) is 7.26. The Hall–Kier alpha value is -0.930. The van der Waals surface area contributed by atoms with Crippen molar-refractivity contribution < 1.29 is 23.0 Å². The van der Waals surface area contributed by atoms with Crippen LogP contribution in [0.4, 0.5) is 4.39 Å². The molecule has 0 unspecified atom stereocenters. The first-order valence-electron chi connectivity index (χ1n) is 3.23. The van der Waals surface area contributed by atoms with Gasteiger partial charge >= 0.3 is 1.43 Å². The molecule has 0 saturated carbocycles. The minimum atomic E-state index is -0.349. The lowest BCUT2D eigenvalue weighted by molar-refractivity contribution is -0.0000106. The van der Waals surface area contributed by atoms with Crippen LogP contribution in [0, 0.1) is 5.82 Å². The Kier molecular flexibility index (Phi) is 4.47. The monoisotopic (exact) mass is 189 g/mol. The summed E-state index contributed by atoms with van der Waals surface area (Å²) in [7, 11) is 0. The molecule has 1 rings (SSSR count). The van der Waals surface area contributed by atoms with Crippen molar-refractivity contribution in [3.05, 3.63) is 35.6 Å². The molecule has 0 fully saturated rings. The summed E-state index contributed by atoms with van der Waals surface area (Å²) in [6, 6.07) is 5.32. The standard InChI is InChI=1S/C8H8FNO.ClH/c9-7-3-1-6(2-4-7)8(11)5-10;/h1-4H,5,10H2;1H. The molecule has 4 heteroatoms. The predicted octanol–water partition coefficient (Wildman–Crippen LogP) is -1.92. The van der Waals surface area contributed by atoms with Gasteiger partial charge in [0.2, 0.25) is 0 Å². The van der Waals surface area contributed by atoms with Crippen molar-refractivity contribution in [3.8, 4) is 0 Å². The molecule has 0 aliphatic heterocycles. The van der Waals surface area contributed by atoms with E-state index in [-0.39, 0.29) is 32.0 Å². The third kappa shape index (κ3) is 2.60. The molecule has 0 radical (unpaired) electrons. The fraction of sp³-hybridized carbons (Fsp3) is 0.125. The molecule has 0 heterocycles. The SMILES string of the molecule is NCC(=O)c1ccc(F)cc1.[Cl-].[H+]. The van der Waals surface area contributed by atoms with E-state index >= 15 is 0 Å². The molecule has 2 nitrogen and oxygen atoms in total. The minimum absolute atomic E-state index is 0. The molecular weight excluding hydrogens is 181 g/mol. The van der Waals surface area contributed by atoms with Crippen LogP contribution < -0.4 is 18.1 Å². The minimum Gasteiger partial charge on any atom is -1.00 e. The van der Waals surface area contributed by atoms with Crippen LogP contribution in [0.3, 0.4) is 0 Å². The highest BCUT2D eigenvalue weighted by molar-refractivity contribution is 5.97. The summed E-state index contributed by atoms with van der Waals surface area (Å²) in [5, 5.41) is 0. The van der Waals surface area contributed by atoms with E-state index in [1.54, 1.807) is 0 Å². The second kappa shape index (κ2) is 4.85. The second-order valence-corrected chi connectivity index (χ2v) is 2.13. The number of rotatable bonds is 2. The fourth-order valence-electron chi connectivity index (χ4n) is 0.754. The number of ketones is 1. The Labute approximate surface area is 77.5 Å². The summed E-state index contributed by atoms with van der Waals surface area (Å²) in [4.78, 5) is 10.9. The van der Waals surface area contributed by atoms with Crippen molar-refractivity contribution >= 4 is 5.78 Å². The molecule has 1 aromatic carbocycles. The van der Waals surface area contributed by atoms with E-state index in [1.165, 1.54) is 24.3 Å². The lowest BCUT2D eigenvalue weighted by Crippen LogP contribution is -3.00. The van der Waals surface area contributed by atoms with Crippen LogP contribution in [0.25, 0.3) is 0 Å². The number of halogens is 2. The van der Waals surface area contributed by atoms with Gasteiger partial charge in [0.1, 0.15) is 5.82 Å². The molecule has 0 bridgehead atoms. The molecule has 2 N–H and O–H groups in total. The van der Waals surface area contributed by atoms with Gasteiger partial charge in [-0.15, -0.1) is 0 Å². The molecule has 0 spiro atoms. The zero-order valence-corrected chi connectivity index (χ0v) is 7.01. The number of benzene rings is 1. The van der Waals surface area contributed by atoms with E-state index in [0.29, 0.717) is 5.56 Å².